The normalized spacial score (nSPS) is 10.9. The number of rotatable bonds is 6. The van der Waals surface area contributed by atoms with Gasteiger partial charge in [0.05, 0.1) is 13.2 Å². The molecule has 0 bridgehead atoms. The Kier molecular flexibility index (Phi) is 5.73. The fourth-order valence-corrected chi connectivity index (χ4v) is 3.39. The Bertz CT molecular complexity index is 1300. The molecule has 0 unspecified atom stereocenters. The Morgan fingerprint density at radius 1 is 1.16 bits per heavy atom. The van der Waals surface area contributed by atoms with E-state index in [0.717, 1.165) is 0 Å². The van der Waals surface area contributed by atoms with Gasteiger partial charge in [0.25, 0.3) is 17.2 Å². The minimum Gasteiger partial charge on any atom is -0.494 e. The van der Waals surface area contributed by atoms with Gasteiger partial charge in [-0.05, 0) is 56.3 Å². The van der Waals surface area contributed by atoms with Crippen molar-refractivity contribution in [3.05, 3.63) is 87.1 Å². The minimum absolute atomic E-state index is 0.0984. The van der Waals surface area contributed by atoms with Crippen molar-refractivity contribution in [1.82, 2.24) is 19.6 Å². The van der Waals surface area contributed by atoms with E-state index in [2.05, 4.69) is 15.1 Å². The molecule has 2 heterocycles. The van der Waals surface area contributed by atoms with E-state index in [0.29, 0.717) is 40.1 Å². The second-order valence-corrected chi connectivity index (χ2v) is 7.31. The standard InChI is InChI=1S/C22H20ClN5O3/c1-3-31-18-9-7-17(8-10-18)27(21(30)15-5-4-6-16(23)12-15)13-19-25-22-24-14(2)11-20(29)28(22)26-19/h4-12H,3,13H2,1-2H3,(H,24,25,26). The van der Waals surface area contributed by atoms with Crippen molar-refractivity contribution >= 4 is 29.0 Å². The number of H-pyrrole nitrogens is 1. The highest BCUT2D eigenvalue weighted by Crippen LogP contribution is 2.24. The number of ether oxygens (including phenoxy) is 1. The molecule has 4 rings (SSSR count). The molecule has 158 valence electrons. The van der Waals surface area contributed by atoms with Crippen LogP contribution in [0.3, 0.4) is 0 Å². The molecule has 0 spiro atoms. The fraction of sp³-hybridized carbons (Fsp3) is 0.182. The Labute approximate surface area is 183 Å². The third kappa shape index (κ3) is 4.44. The van der Waals surface area contributed by atoms with Crippen LogP contribution >= 0.6 is 11.6 Å². The number of aryl methyl sites for hydroxylation is 1. The van der Waals surface area contributed by atoms with Gasteiger partial charge in [0, 0.05) is 28.0 Å². The van der Waals surface area contributed by atoms with Crippen LogP contribution in [-0.2, 0) is 6.54 Å². The molecule has 0 aliphatic carbocycles. The van der Waals surface area contributed by atoms with E-state index in [9.17, 15) is 9.59 Å². The van der Waals surface area contributed by atoms with E-state index < -0.39 is 0 Å². The molecule has 4 aromatic rings. The van der Waals surface area contributed by atoms with Crippen LogP contribution in [0.2, 0.25) is 5.02 Å². The smallest absolute Gasteiger partial charge is 0.274 e. The Hall–Kier alpha value is -3.65. The number of nitrogens with one attached hydrogen (secondary N) is 1. The number of fused-ring (bicyclic) bond motifs is 1. The number of carbonyl (C=O) groups is 1. The SMILES string of the molecule is CCOc1ccc(N(Cc2nc3nc(C)cc(=O)n3[nH]2)C(=O)c2cccc(Cl)c2)cc1. The molecule has 0 saturated carbocycles. The molecule has 0 atom stereocenters. The zero-order valence-corrected chi connectivity index (χ0v) is 17.8. The van der Waals surface area contributed by atoms with Crippen molar-refractivity contribution in [2.75, 3.05) is 11.5 Å². The van der Waals surface area contributed by atoms with E-state index in [1.165, 1.54) is 10.6 Å². The number of aromatic nitrogens is 4. The highest BCUT2D eigenvalue weighted by atomic mass is 35.5. The summed E-state index contributed by atoms with van der Waals surface area (Å²) in [5.41, 5.74) is 1.38. The predicted molar refractivity (Wildman–Crippen MR) is 118 cm³/mol. The van der Waals surface area contributed by atoms with Crippen LogP contribution in [0.1, 0.15) is 28.8 Å². The summed E-state index contributed by atoms with van der Waals surface area (Å²) in [4.78, 5) is 35.8. The number of anilines is 1. The van der Waals surface area contributed by atoms with E-state index in [1.54, 1.807) is 60.4 Å². The van der Waals surface area contributed by atoms with Crippen molar-refractivity contribution in [1.29, 1.82) is 0 Å². The van der Waals surface area contributed by atoms with Crippen molar-refractivity contribution in [2.45, 2.75) is 20.4 Å². The summed E-state index contributed by atoms with van der Waals surface area (Å²) in [6.45, 7) is 4.28. The molecule has 0 aliphatic heterocycles. The second-order valence-electron chi connectivity index (χ2n) is 6.87. The number of aromatic amines is 1. The summed E-state index contributed by atoms with van der Waals surface area (Å²) < 4.78 is 6.75. The first-order chi connectivity index (χ1) is 14.9. The molecule has 1 amide bonds. The van der Waals surface area contributed by atoms with Gasteiger partial charge in [0.2, 0.25) is 0 Å². The van der Waals surface area contributed by atoms with Crippen LogP contribution in [0.15, 0.2) is 59.4 Å². The molecule has 0 radical (unpaired) electrons. The van der Waals surface area contributed by atoms with Crippen LogP contribution in [-0.4, -0.2) is 32.1 Å². The number of carbonyl (C=O) groups excluding carboxylic acids is 1. The number of benzene rings is 2. The first-order valence-electron chi connectivity index (χ1n) is 9.70. The third-order valence-corrected chi connectivity index (χ3v) is 4.82. The van der Waals surface area contributed by atoms with E-state index in [1.807, 2.05) is 6.92 Å². The number of hydrogen-bond acceptors (Lipinski definition) is 5. The summed E-state index contributed by atoms with van der Waals surface area (Å²) in [5, 5.41) is 3.39. The van der Waals surface area contributed by atoms with Crippen LogP contribution in [0, 0.1) is 6.92 Å². The van der Waals surface area contributed by atoms with E-state index in [-0.39, 0.29) is 23.8 Å². The number of halogens is 1. The lowest BCUT2D eigenvalue weighted by atomic mass is 10.1. The van der Waals surface area contributed by atoms with Crippen LogP contribution in [0.25, 0.3) is 5.78 Å². The van der Waals surface area contributed by atoms with Gasteiger partial charge in [-0.1, -0.05) is 17.7 Å². The summed E-state index contributed by atoms with van der Waals surface area (Å²) >= 11 is 6.09. The third-order valence-electron chi connectivity index (χ3n) is 4.59. The Balaban J connectivity index is 1.73. The summed E-state index contributed by atoms with van der Waals surface area (Å²) in [6.07, 6.45) is 0. The van der Waals surface area contributed by atoms with Crippen LogP contribution in [0.4, 0.5) is 5.69 Å². The average Bonchev–Trinajstić information content (AvgIpc) is 3.15. The van der Waals surface area contributed by atoms with Crippen molar-refractivity contribution in [3.8, 4) is 5.75 Å². The fourth-order valence-electron chi connectivity index (χ4n) is 3.20. The van der Waals surface area contributed by atoms with Gasteiger partial charge in [-0.15, -0.1) is 0 Å². The molecule has 0 aliphatic rings. The first-order valence-corrected chi connectivity index (χ1v) is 10.1. The highest BCUT2D eigenvalue weighted by Gasteiger charge is 2.21. The summed E-state index contributed by atoms with van der Waals surface area (Å²) in [7, 11) is 0. The number of hydrogen-bond donors (Lipinski definition) is 1. The molecule has 2 aromatic heterocycles. The van der Waals surface area contributed by atoms with Gasteiger partial charge in [-0.3, -0.25) is 14.7 Å². The highest BCUT2D eigenvalue weighted by molar-refractivity contribution is 6.31. The Morgan fingerprint density at radius 3 is 2.65 bits per heavy atom. The van der Waals surface area contributed by atoms with Crippen molar-refractivity contribution < 1.29 is 9.53 Å². The van der Waals surface area contributed by atoms with Gasteiger partial charge in [-0.2, -0.15) is 9.50 Å². The molecular weight excluding hydrogens is 418 g/mol. The maximum atomic E-state index is 13.4. The predicted octanol–water partition coefficient (Wildman–Crippen LogP) is 3.63. The monoisotopic (exact) mass is 437 g/mol. The largest absolute Gasteiger partial charge is 0.494 e. The Morgan fingerprint density at radius 2 is 1.94 bits per heavy atom. The number of amides is 1. The van der Waals surface area contributed by atoms with Gasteiger partial charge in [0.15, 0.2) is 0 Å². The molecule has 9 heteroatoms. The first kappa shape index (κ1) is 20.6. The lowest BCUT2D eigenvalue weighted by Gasteiger charge is -2.22. The lowest BCUT2D eigenvalue weighted by Crippen LogP contribution is -2.31. The zero-order valence-electron chi connectivity index (χ0n) is 17.0. The lowest BCUT2D eigenvalue weighted by molar-refractivity contribution is 0.0984. The molecule has 1 N–H and O–H groups in total. The van der Waals surface area contributed by atoms with Crippen LogP contribution < -0.4 is 15.2 Å². The zero-order chi connectivity index (χ0) is 22.0. The number of nitrogens with zero attached hydrogens (tertiary/aromatic N) is 4. The molecule has 0 saturated heterocycles. The minimum atomic E-state index is -0.268. The summed E-state index contributed by atoms with van der Waals surface area (Å²) in [6, 6.07) is 15.3. The van der Waals surface area contributed by atoms with Gasteiger partial charge >= 0.3 is 0 Å². The van der Waals surface area contributed by atoms with Gasteiger partial charge < -0.3 is 9.64 Å². The van der Waals surface area contributed by atoms with Gasteiger partial charge in [0.1, 0.15) is 11.6 Å². The maximum absolute atomic E-state index is 13.4. The molecule has 0 fully saturated rings. The molecular formula is C22H20ClN5O3. The van der Waals surface area contributed by atoms with Crippen LogP contribution in [0.5, 0.6) is 5.75 Å². The average molecular weight is 438 g/mol. The quantitative estimate of drug-likeness (QED) is 0.497. The second kappa shape index (κ2) is 8.61. The maximum Gasteiger partial charge on any atom is 0.274 e. The van der Waals surface area contributed by atoms with Crippen molar-refractivity contribution in [2.24, 2.45) is 0 Å². The molecule has 2 aromatic carbocycles. The molecule has 31 heavy (non-hydrogen) atoms. The van der Waals surface area contributed by atoms with Gasteiger partial charge in [-0.25, -0.2) is 4.98 Å². The van der Waals surface area contributed by atoms with Crippen molar-refractivity contribution in [3.63, 3.8) is 0 Å². The van der Waals surface area contributed by atoms with E-state index >= 15 is 0 Å². The topological polar surface area (TPSA) is 92.6 Å². The van der Waals surface area contributed by atoms with E-state index in [4.69, 9.17) is 16.3 Å². The molecule has 8 nitrogen and oxygen atoms in total. The summed E-state index contributed by atoms with van der Waals surface area (Å²) in [5.74, 6) is 1.11.